The predicted molar refractivity (Wildman–Crippen MR) is 95.4 cm³/mol. The Kier molecular flexibility index (Phi) is 4.53. The Balaban J connectivity index is 2.27. The maximum atomic E-state index is 12.6. The van der Waals surface area contributed by atoms with E-state index in [2.05, 4.69) is 10.1 Å². The number of H-pyrrole nitrogens is 1. The number of nitrogens with one attached hydrogen (secondary N) is 1. The van der Waals surface area contributed by atoms with Gasteiger partial charge in [0.2, 0.25) is 0 Å². The molecule has 1 heterocycles. The predicted octanol–water partition coefficient (Wildman–Crippen LogP) is 4.08. The number of nitrogens with zero attached hydrogens (tertiary/aromatic N) is 1. The van der Waals surface area contributed by atoms with Gasteiger partial charge in [-0.15, -0.1) is 0 Å². The summed E-state index contributed by atoms with van der Waals surface area (Å²) in [5.74, 6) is 0.430. The van der Waals surface area contributed by atoms with Gasteiger partial charge >= 0.3 is 0 Å². The largest absolute Gasteiger partial charge is 0.486 e. The average molecular weight is 343 g/mol. The summed E-state index contributed by atoms with van der Waals surface area (Å²) >= 11 is 6.02. The molecule has 0 saturated carbocycles. The number of benzene rings is 2. The Hall–Kier alpha value is -2.79. The summed E-state index contributed by atoms with van der Waals surface area (Å²) in [7, 11) is 0. The topological polar surface area (TPSA) is 74.7 Å². The molecule has 24 heavy (non-hydrogen) atoms. The minimum absolute atomic E-state index is 0.0670. The van der Waals surface area contributed by atoms with Gasteiger partial charge in [0.05, 0.1) is 16.8 Å². The van der Waals surface area contributed by atoms with Gasteiger partial charge in [0.15, 0.2) is 0 Å². The molecule has 6 heteroatoms. The molecule has 2 aromatic carbocycles. The third-order valence-corrected chi connectivity index (χ3v) is 3.82. The van der Waals surface area contributed by atoms with Gasteiger partial charge in [-0.2, -0.15) is 0 Å². The van der Waals surface area contributed by atoms with Crippen molar-refractivity contribution in [2.45, 2.75) is 6.92 Å². The lowest BCUT2D eigenvalue weighted by atomic mass is 10.0. The number of fused-ring (bicyclic) bond motifs is 1. The van der Waals surface area contributed by atoms with Crippen LogP contribution in [0.25, 0.3) is 22.0 Å². The molecule has 2 N–H and O–H groups in total. The van der Waals surface area contributed by atoms with Crippen molar-refractivity contribution in [2.24, 2.45) is 5.16 Å². The molecule has 0 amide bonds. The van der Waals surface area contributed by atoms with E-state index >= 15 is 0 Å². The Morgan fingerprint density at radius 1 is 1.25 bits per heavy atom. The van der Waals surface area contributed by atoms with Crippen molar-refractivity contribution in [3.05, 3.63) is 63.9 Å². The summed E-state index contributed by atoms with van der Waals surface area (Å²) in [4.78, 5) is 15.5. The smallest absolute Gasteiger partial charge is 0.260 e. The lowest BCUT2D eigenvalue weighted by molar-refractivity contribution is 0.307. The second-order valence-electron chi connectivity index (χ2n) is 5.34. The number of hydrogen-bond donors (Lipinski definition) is 2. The van der Waals surface area contributed by atoms with E-state index in [0.29, 0.717) is 27.6 Å². The van der Waals surface area contributed by atoms with E-state index in [1.807, 2.05) is 30.3 Å². The molecule has 0 aliphatic rings. The molecular formula is C18H15ClN2O3. The van der Waals surface area contributed by atoms with Crippen molar-refractivity contribution >= 4 is 28.2 Å². The van der Waals surface area contributed by atoms with Crippen LogP contribution in [-0.4, -0.2) is 22.5 Å². The minimum Gasteiger partial charge on any atom is -0.486 e. The molecule has 122 valence electrons. The fourth-order valence-corrected chi connectivity index (χ4v) is 2.63. The third-order valence-electron chi connectivity index (χ3n) is 3.59. The lowest BCUT2D eigenvalue weighted by Crippen LogP contribution is -2.15. The molecule has 0 fully saturated rings. The number of aromatic amines is 1. The molecule has 0 unspecified atom stereocenters. The molecule has 0 atom stereocenters. The number of halogens is 1. The lowest BCUT2D eigenvalue weighted by Gasteiger charge is -2.14. The van der Waals surface area contributed by atoms with Gasteiger partial charge in [-0.25, -0.2) is 0 Å². The quantitative estimate of drug-likeness (QED) is 0.426. The first-order chi connectivity index (χ1) is 11.6. The van der Waals surface area contributed by atoms with E-state index in [1.165, 1.54) is 0 Å². The van der Waals surface area contributed by atoms with Crippen molar-refractivity contribution in [1.29, 1.82) is 0 Å². The summed E-state index contributed by atoms with van der Waals surface area (Å²) in [6.07, 6.45) is 0. The van der Waals surface area contributed by atoms with Crippen LogP contribution in [0.4, 0.5) is 0 Å². The van der Waals surface area contributed by atoms with Crippen molar-refractivity contribution in [3.63, 3.8) is 0 Å². The summed E-state index contributed by atoms with van der Waals surface area (Å²) in [5, 5.41) is 13.2. The van der Waals surface area contributed by atoms with Crippen LogP contribution >= 0.6 is 11.6 Å². The van der Waals surface area contributed by atoms with Gasteiger partial charge < -0.3 is 14.9 Å². The number of rotatable bonds is 4. The molecular weight excluding hydrogens is 328 g/mol. The monoisotopic (exact) mass is 342 g/mol. The number of hydrogen-bond acceptors (Lipinski definition) is 4. The second kappa shape index (κ2) is 6.76. The molecule has 0 aliphatic heterocycles. The van der Waals surface area contributed by atoms with Gasteiger partial charge in [0.25, 0.3) is 5.56 Å². The molecule has 5 nitrogen and oxygen atoms in total. The highest BCUT2D eigenvalue weighted by Gasteiger charge is 2.16. The first-order valence-electron chi connectivity index (χ1n) is 7.31. The number of oxime groups is 1. The molecule has 0 bridgehead atoms. The Labute approximate surface area is 143 Å². The number of pyridine rings is 1. The highest BCUT2D eigenvalue weighted by Crippen LogP contribution is 2.34. The van der Waals surface area contributed by atoms with E-state index in [9.17, 15) is 4.79 Å². The fourth-order valence-electron chi connectivity index (χ4n) is 2.46. The maximum absolute atomic E-state index is 12.6. The normalized spacial score (nSPS) is 11.7. The Bertz CT molecular complexity index is 965. The second-order valence-corrected chi connectivity index (χ2v) is 5.77. The van der Waals surface area contributed by atoms with Crippen molar-refractivity contribution in [1.82, 2.24) is 4.98 Å². The van der Waals surface area contributed by atoms with Gasteiger partial charge in [-0.3, -0.25) is 4.79 Å². The Morgan fingerprint density at radius 3 is 2.71 bits per heavy atom. The Morgan fingerprint density at radius 2 is 2.00 bits per heavy atom. The van der Waals surface area contributed by atoms with Crippen LogP contribution in [0.1, 0.15) is 6.92 Å². The standard InChI is InChI=1S/C18H15ClN2O3/c1-11(21-23)10-24-17-14-8-7-13(19)9-15(14)20-18(22)16(17)12-5-3-2-4-6-12/h2-9,23H,10H2,1H3,(H,20,22). The van der Waals surface area contributed by atoms with Crippen LogP contribution in [0.3, 0.4) is 0 Å². The zero-order valence-electron chi connectivity index (χ0n) is 12.9. The van der Waals surface area contributed by atoms with E-state index in [4.69, 9.17) is 21.5 Å². The van der Waals surface area contributed by atoms with Gasteiger partial charge in [-0.05, 0) is 30.7 Å². The van der Waals surface area contributed by atoms with E-state index in [1.54, 1.807) is 25.1 Å². The zero-order chi connectivity index (χ0) is 17.1. The first-order valence-corrected chi connectivity index (χ1v) is 7.69. The van der Waals surface area contributed by atoms with Crippen molar-refractivity contribution < 1.29 is 9.94 Å². The van der Waals surface area contributed by atoms with Crippen LogP contribution in [-0.2, 0) is 0 Å². The van der Waals surface area contributed by atoms with Crippen molar-refractivity contribution in [3.8, 4) is 16.9 Å². The van der Waals surface area contributed by atoms with Gasteiger partial charge in [-0.1, -0.05) is 47.1 Å². The molecule has 0 radical (unpaired) electrons. The summed E-state index contributed by atoms with van der Waals surface area (Å²) in [5.41, 5.74) is 1.88. The fraction of sp³-hybridized carbons (Fsp3) is 0.111. The van der Waals surface area contributed by atoms with Crippen LogP contribution in [0.2, 0.25) is 5.02 Å². The van der Waals surface area contributed by atoms with Crippen LogP contribution in [0.5, 0.6) is 5.75 Å². The number of aromatic nitrogens is 1. The van der Waals surface area contributed by atoms with Crippen LogP contribution in [0, 0.1) is 0 Å². The van der Waals surface area contributed by atoms with E-state index < -0.39 is 0 Å². The van der Waals surface area contributed by atoms with Crippen LogP contribution in [0.15, 0.2) is 58.5 Å². The molecule has 3 aromatic rings. The summed E-state index contributed by atoms with van der Waals surface area (Å²) < 4.78 is 5.82. The van der Waals surface area contributed by atoms with Crippen LogP contribution < -0.4 is 10.3 Å². The average Bonchev–Trinajstić information content (AvgIpc) is 2.59. The van der Waals surface area contributed by atoms with Gasteiger partial charge in [0.1, 0.15) is 12.4 Å². The number of ether oxygens (including phenoxy) is 1. The minimum atomic E-state index is -0.274. The highest BCUT2D eigenvalue weighted by molar-refractivity contribution is 6.31. The molecule has 1 aromatic heterocycles. The third kappa shape index (κ3) is 3.12. The highest BCUT2D eigenvalue weighted by atomic mass is 35.5. The van der Waals surface area contributed by atoms with Gasteiger partial charge in [0, 0.05) is 10.4 Å². The summed E-state index contributed by atoms with van der Waals surface area (Å²) in [6, 6.07) is 14.5. The SMILES string of the molecule is CC(COc1c(-c2ccccc2)c(=O)[nH]c2cc(Cl)ccc12)=NO. The molecule has 0 spiro atoms. The molecule has 3 rings (SSSR count). The van der Waals surface area contributed by atoms with E-state index in [-0.39, 0.29) is 12.2 Å². The van der Waals surface area contributed by atoms with Crippen molar-refractivity contribution in [2.75, 3.05) is 6.61 Å². The molecule has 0 aliphatic carbocycles. The molecule has 0 saturated heterocycles. The zero-order valence-corrected chi connectivity index (χ0v) is 13.7. The first kappa shape index (κ1) is 16.1. The maximum Gasteiger partial charge on any atom is 0.260 e. The summed E-state index contributed by atoms with van der Waals surface area (Å²) in [6.45, 7) is 1.70. The van der Waals surface area contributed by atoms with E-state index in [0.717, 1.165) is 10.9 Å².